The quantitative estimate of drug-likeness (QED) is 0.549. The lowest BCUT2D eigenvalue weighted by molar-refractivity contribution is -0.120. The smallest absolute Gasteiger partial charge is 0.264 e. The molecule has 1 saturated carbocycles. The molecule has 2 aliphatic carbocycles. The number of ether oxygens (including phenoxy) is 1. The average molecular weight is 425 g/mol. The average Bonchev–Trinajstić information content (AvgIpc) is 3.07. The number of fused-ring (bicyclic) bond motifs is 6. The minimum atomic E-state index is -0.134. The summed E-state index contributed by atoms with van der Waals surface area (Å²) >= 11 is 1.31. The Morgan fingerprint density at radius 3 is 2.90 bits per heavy atom. The molecule has 0 spiro atoms. The molecule has 1 amide bonds. The number of benzene rings is 1. The van der Waals surface area contributed by atoms with Gasteiger partial charge < -0.3 is 9.64 Å². The molecule has 2 atom stereocenters. The molecule has 5 rings (SSSR count). The van der Waals surface area contributed by atoms with Crippen molar-refractivity contribution in [2.75, 3.05) is 24.3 Å². The van der Waals surface area contributed by atoms with Crippen molar-refractivity contribution >= 4 is 29.1 Å². The van der Waals surface area contributed by atoms with Gasteiger partial charge in [-0.15, -0.1) is 5.10 Å². The summed E-state index contributed by atoms with van der Waals surface area (Å²) in [6, 6.07) is 5.18. The molecule has 1 aliphatic heterocycles. The lowest BCUT2D eigenvalue weighted by atomic mass is 9.70. The van der Waals surface area contributed by atoms with Gasteiger partial charge in [-0.25, -0.2) is 4.98 Å². The molecule has 2 heterocycles. The Morgan fingerprint density at radius 2 is 2.10 bits per heavy atom. The molecule has 2 aromatic rings. The highest BCUT2D eigenvalue weighted by molar-refractivity contribution is 7.99. The van der Waals surface area contributed by atoms with Crippen LogP contribution in [0.3, 0.4) is 0 Å². The second-order valence-electron chi connectivity index (χ2n) is 9.11. The number of anilines is 1. The fourth-order valence-corrected chi connectivity index (χ4v) is 5.76. The van der Waals surface area contributed by atoms with Crippen molar-refractivity contribution < 1.29 is 14.3 Å². The Morgan fingerprint density at radius 1 is 1.30 bits per heavy atom. The van der Waals surface area contributed by atoms with E-state index in [4.69, 9.17) is 9.72 Å². The van der Waals surface area contributed by atoms with Gasteiger partial charge in [-0.05, 0) is 36.5 Å². The van der Waals surface area contributed by atoms with Crippen LogP contribution in [0.5, 0.6) is 5.75 Å². The minimum Gasteiger partial charge on any atom is -0.482 e. The number of carbonyl (C=O) groups is 2. The SMILES string of the molecule is CN1C(=O)COc2ccc(C(=O)CSc3nnc4c(n3)[C@]3(C)CC[C@H]4C3(C)C)cc21. The second-order valence-corrected chi connectivity index (χ2v) is 10.1. The molecule has 1 aromatic carbocycles. The highest BCUT2D eigenvalue weighted by Crippen LogP contribution is 2.66. The van der Waals surface area contributed by atoms with Crippen molar-refractivity contribution in [3.05, 3.63) is 35.2 Å². The number of thioether (sulfide) groups is 1. The molecular weight excluding hydrogens is 400 g/mol. The number of aromatic nitrogens is 3. The van der Waals surface area contributed by atoms with Crippen LogP contribution < -0.4 is 9.64 Å². The third-order valence-corrected chi connectivity index (χ3v) is 8.31. The van der Waals surface area contributed by atoms with Gasteiger partial charge in [0.2, 0.25) is 5.16 Å². The highest BCUT2D eigenvalue weighted by atomic mass is 32.2. The Bertz CT molecular complexity index is 1090. The normalized spacial score (nSPS) is 25.7. The van der Waals surface area contributed by atoms with Crippen molar-refractivity contribution in [3.63, 3.8) is 0 Å². The fraction of sp³-hybridized carbons (Fsp3) is 0.500. The van der Waals surface area contributed by atoms with E-state index in [0.717, 1.165) is 24.2 Å². The van der Waals surface area contributed by atoms with E-state index in [0.29, 0.717) is 28.1 Å². The molecule has 0 saturated heterocycles. The number of carbonyl (C=O) groups excluding carboxylic acids is 2. The second kappa shape index (κ2) is 6.51. The van der Waals surface area contributed by atoms with Crippen molar-refractivity contribution in [1.82, 2.24) is 15.2 Å². The monoisotopic (exact) mass is 424 g/mol. The van der Waals surface area contributed by atoms with Crippen LogP contribution in [0.2, 0.25) is 0 Å². The summed E-state index contributed by atoms with van der Waals surface area (Å²) in [7, 11) is 1.69. The van der Waals surface area contributed by atoms with E-state index in [1.54, 1.807) is 25.2 Å². The Balaban J connectivity index is 1.34. The summed E-state index contributed by atoms with van der Waals surface area (Å²) in [4.78, 5) is 31.0. The van der Waals surface area contributed by atoms with Crippen molar-refractivity contribution in [3.8, 4) is 5.75 Å². The standard InChI is InChI=1S/C22H24N4O3S/c1-21(2)13-7-8-22(21,3)19-18(13)24-25-20(23-19)30-11-15(27)12-5-6-16-14(9-12)26(4)17(28)10-29-16/h5-6,9,13H,7-8,10-11H2,1-4H3/t13-,22+/m1/s1. The number of amides is 1. The third kappa shape index (κ3) is 2.62. The van der Waals surface area contributed by atoms with Crippen LogP contribution in [-0.4, -0.2) is 46.3 Å². The lowest BCUT2D eigenvalue weighted by Gasteiger charge is -2.33. The molecule has 30 heavy (non-hydrogen) atoms. The zero-order valence-corrected chi connectivity index (χ0v) is 18.4. The zero-order chi connectivity index (χ0) is 21.3. The van der Waals surface area contributed by atoms with Crippen LogP contribution >= 0.6 is 11.8 Å². The summed E-state index contributed by atoms with van der Waals surface area (Å²) < 4.78 is 5.43. The van der Waals surface area contributed by atoms with E-state index >= 15 is 0 Å². The van der Waals surface area contributed by atoms with Gasteiger partial charge in [-0.2, -0.15) is 5.10 Å². The number of rotatable bonds is 4. The summed E-state index contributed by atoms with van der Waals surface area (Å²) in [5.74, 6) is 1.05. The van der Waals surface area contributed by atoms with Crippen molar-refractivity contribution in [2.24, 2.45) is 5.41 Å². The van der Waals surface area contributed by atoms with Gasteiger partial charge >= 0.3 is 0 Å². The van der Waals surface area contributed by atoms with E-state index in [1.165, 1.54) is 16.7 Å². The van der Waals surface area contributed by atoms with Crippen LogP contribution in [-0.2, 0) is 10.2 Å². The Kier molecular flexibility index (Phi) is 4.23. The first kappa shape index (κ1) is 19.5. The van der Waals surface area contributed by atoms with Crippen LogP contribution in [0.1, 0.15) is 61.3 Å². The number of ketones is 1. The molecule has 0 N–H and O–H groups in total. The molecule has 3 aliphatic rings. The predicted molar refractivity (Wildman–Crippen MR) is 113 cm³/mol. The number of Topliss-reactive ketones (excluding diaryl/α,β-unsaturated/α-hetero) is 1. The zero-order valence-electron chi connectivity index (χ0n) is 17.6. The number of nitrogens with zero attached hydrogens (tertiary/aromatic N) is 4. The van der Waals surface area contributed by atoms with Gasteiger partial charge in [0, 0.05) is 23.9 Å². The maximum atomic E-state index is 12.8. The third-order valence-electron chi connectivity index (χ3n) is 7.47. The van der Waals surface area contributed by atoms with Crippen molar-refractivity contribution in [1.29, 1.82) is 0 Å². The van der Waals surface area contributed by atoms with Gasteiger partial charge in [0.05, 0.1) is 22.8 Å². The maximum Gasteiger partial charge on any atom is 0.264 e. The number of likely N-dealkylation sites (N-methyl/N-ethyl adjacent to an activating group) is 1. The lowest BCUT2D eigenvalue weighted by Crippen LogP contribution is -2.35. The summed E-state index contributed by atoms with van der Waals surface area (Å²) in [6.45, 7) is 6.89. The largest absolute Gasteiger partial charge is 0.482 e. The van der Waals surface area contributed by atoms with Gasteiger partial charge in [0.25, 0.3) is 5.91 Å². The Labute approximate surface area is 179 Å². The topological polar surface area (TPSA) is 85.3 Å². The van der Waals surface area contributed by atoms with E-state index < -0.39 is 0 Å². The van der Waals surface area contributed by atoms with Crippen molar-refractivity contribution in [2.45, 2.75) is 50.1 Å². The number of hydrogen-bond acceptors (Lipinski definition) is 7. The predicted octanol–water partition coefficient (Wildman–Crippen LogP) is 3.38. The Hall–Kier alpha value is -2.48. The molecule has 0 unspecified atom stereocenters. The van der Waals surface area contributed by atoms with Gasteiger partial charge in [-0.3, -0.25) is 9.59 Å². The molecule has 0 radical (unpaired) electrons. The van der Waals surface area contributed by atoms with E-state index in [9.17, 15) is 9.59 Å². The van der Waals surface area contributed by atoms with E-state index in [1.807, 2.05) is 0 Å². The van der Waals surface area contributed by atoms with Crippen LogP contribution in [0.15, 0.2) is 23.4 Å². The summed E-state index contributed by atoms with van der Waals surface area (Å²) in [6.07, 6.45) is 2.25. The fourth-order valence-electron chi connectivity index (χ4n) is 5.08. The van der Waals surface area contributed by atoms with Gasteiger partial charge in [0.1, 0.15) is 5.75 Å². The molecule has 156 valence electrons. The summed E-state index contributed by atoms with van der Waals surface area (Å²) in [5, 5.41) is 9.35. The van der Waals surface area contributed by atoms with E-state index in [-0.39, 0.29) is 34.9 Å². The van der Waals surface area contributed by atoms with Gasteiger partial charge in [0.15, 0.2) is 12.4 Å². The van der Waals surface area contributed by atoms with E-state index in [2.05, 4.69) is 31.0 Å². The first-order chi connectivity index (χ1) is 14.2. The first-order valence-electron chi connectivity index (χ1n) is 10.2. The molecule has 7 nitrogen and oxygen atoms in total. The highest BCUT2D eigenvalue weighted by Gasteiger charge is 2.61. The molecule has 8 heteroatoms. The summed E-state index contributed by atoms with van der Waals surface area (Å²) in [5.41, 5.74) is 3.38. The number of hydrogen-bond donors (Lipinski definition) is 0. The molecule has 1 fully saturated rings. The van der Waals surface area contributed by atoms with Crippen LogP contribution in [0.4, 0.5) is 5.69 Å². The first-order valence-corrected chi connectivity index (χ1v) is 11.2. The maximum absolute atomic E-state index is 12.8. The molecular formula is C22H24N4O3S. The molecule has 1 aromatic heterocycles. The molecule has 2 bridgehead atoms. The minimum absolute atomic E-state index is 0.0118. The van der Waals surface area contributed by atoms with Gasteiger partial charge in [-0.1, -0.05) is 32.5 Å². The van der Waals surface area contributed by atoms with Crippen LogP contribution in [0, 0.1) is 5.41 Å². The van der Waals surface area contributed by atoms with Crippen LogP contribution in [0.25, 0.3) is 0 Å².